The van der Waals surface area contributed by atoms with Crippen LogP contribution in [0.4, 0.5) is 0 Å². The molecule has 0 unspecified atom stereocenters. The summed E-state index contributed by atoms with van der Waals surface area (Å²) in [4.78, 5) is 0. The fraction of sp³-hybridized carbons (Fsp3) is 0.167. The molecule has 0 saturated carbocycles. The Morgan fingerprint density at radius 1 is 1.00 bits per heavy atom. The maximum atomic E-state index is 5.31. The molecule has 0 rings (SSSR count). The van der Waals surface area contributed by atoms with Crippen LogP contribution in [0.1, 0.15) is 6.42 Å². The predicted octanol–water partition coefficient (Wildman–Crippen LogP) is 4.22. The van der Waals surface area contributed by atoms with Crippen molar-refractivity contribution in [1.29, 1.82) is 0 Å². The smallest absolute Gasteiger partial charge is 0.0712 e. The van der Waals surface area contributed by atoms with Crippen molar-refractivity contribution in [3.63, 3.8) is 0 Å². The zero-order valence-electron chi connectivity index (χ0n) is 4.95. The average Bonchev–Trinajstić information content (AvgIpc) is 1.79. The third-order valence-corrected chi connectivity index (χ3v) is 1.21. The molecule has 0 aromatic rings. The van der Waals surface area contributed by atoms with Crippen LogP contribution in [0.5, 0.6) is 0 Å². The Morgan fingerprint density at radius 2 is 1.60 bits per heavy atom. The van der Waals surface area contributed by atoms with Crippen LogP contribution in [0.2, 0.25) is 0 Å². The molecule has 0 bridgehead atoms. The third-order valence-electron chi connectivity index (χ3n) is 0.652. The van der Waals surface area contributed by atoms with E-state index in [2.05, 4.69) is 0 Å². The first-order valence-electron chi connectivity index (χ1n) is 2.48. The number of unbranched alkanes of at least 4 members (excludes halogenated alkanes) is 1. The molecule has 0 aliphatic heterocycles. The van der Waals surface area contributed by atoms with E-state index in [9.17, 15) is 0 Å². The van der Waals surface area contributed by atoms with Crippen molar-refractivity contribution in [1.82, 2.24) is 0 Å². The van der Waals surface area contributed by atoms with Gasteiger partial charge in [0.25, 0.3) is 0 Å². The van der Waals surface area contributed by atoms with Crippen molar-refractivity contribution in [2.75, 3.05) is 0 Å². The molecule has 0 fully saturated rings. The van der Waals surface area contributed by atoms with Gasteiger partial charge in [0.1, 0.15) is 8.98 Å². The highest BCUT2D eigenvalue weighted by Crippen LogP contribution is 2.11. The van der Waals surface area contributed by atoms with Crippen LogP contribution in [0.3, 0.4) is 0 Å². The second-order valence-electron chi connectivity index (χ2n) is 1.42. The van der Waals surface area contributed by atoms with E-state index in [0.29, 0.717) is 6.42 Å². The molecule has 0 saturated heterocycles. The Morgan fingerprint density at radius 3 is 2.00 bits per heavy atom. The molecular formula is C6H5Cl4. The van der Waals surface area contributed by atoms with E-state index in [-0.39, 0.29) is 8.98 Å². The maximum absolute atomic E-state index is 5.31. The Labute approximate surface area is 80.4 Å². The number of hydrogen-bond acceptors (Lipinski definition) is 0. The fourth-order valence-electron chi connectivity index (χ4n) is 0.314. The minimum Gasteiger partial charge on any atom is -0.0712 e. The summed E-state index contributed by atoms with van der Waals surface area (Å²) in [5.74, 6) is 0. The predicted molar refractivity (Wildman–Crippen MR) is 48.5 cm³/mol. The SMILES string of the molecule is ClC(Cl)=C[CH]CC=C(Cl)Cl. The molecule has 0 amide bonds. The topological polar surface area (TPSA) is 0 Å². The highest BCUT2D eigenvalue weighted by Gasteiger charge is 1.85. The number of rotatable bonds is 3. The van der Waals surface area contributed by atoms with Gasteiger partial charge in [-0.2, -0.15) is 0 Å². The zero-order chi connectivity index (χ0) is 7.98. The Kier molecular flexibility index (Phi) is 6.76. The molecule has 0 aromatic heterocycles. The summed E-state index contributed by atoms with van der Waals surface area (Å²) in [5.41, 5.74) is 0. The van der Waals surface area contributed by atoms with Crippen molar-refractivity contribution in [2.24, 2.45) is 0 Å². The lowest BCUT2D eigenvalue weighted by Gasteiger charge is -1.85. The zero-order valence-corrected chi connectivity index (χ0v) is 7.97. The molecule has 0 spiro atoms. The van der Waals surface area contributed by atoms with Crippen molar-refractivity contribution >= 4 is 46.4 Å². The van der Waals surface area contributed by atoms with Crippen LogP contribution in [-0.2, 0) is 0 Å². The first-order chi connectivity index (χ1) is 4.63. The molecule has 57 valence electrons. The first kappa shape index (κ1) is 10.6. The van der Waals surface area contributed by atoms with Gasteiger partial charge in [-0.25, -0.2) is 0 Å². The van der Waals surface area contributed by atoms with Crippen LogP contribution < -0.4 is 0 Å². The molecule has 0 aromatic carbocycles. The normalized spacial score (nSPS) is 8.80. The van der Waals surface area contributed by atoms with Crippen LogP contribution in [0.25, 0.3) is 0 Å². The Bertz CT molecular complexity index is 122. The third kappa shape index (κ3) is 8.64. The van der Waals surface area contributed by atoms with Gasteiger partial charge in [0.2, 0.25) is 0 Å². The Hall–Kier alpha value is 0.640. The fourth-order valence-corrected chi connectivity index (χ4v) is 0.671. The largest absolute Gasteiger partial charge is 0.103 e. The van der Waals surface area contributed by atoms with Gasteiger partial charge in [-0.1, -0.05) is 58.6 Å². The van der Waals surface area contributed by atoms with Crippen molar-refractivity contribution in [3.05, 3.63) is 27.6 Å². The van der Waals surface area contributed by atoms with E-state index in [0.717, 1.165) is 0 Å². The average molecular weight is 219 g/mol. The molecule has 4 heteroatoms. The van der Waals surface area contributed by atoms with E-state index >= 15 is 0 Å². The molecule has 0 atom stereocenters. The van der Waals surface area contributed by atoms with Crippen LogP contribution in [0.15, 0.2) is 21.1 Å². The van der Waals surface area contributed by atoms with E-state index < -0.39 is 0 Å². The van der Waals surface area contributed by atoms with E-state index in [1.165, 1.54) is 0 Å². The van der Waals surface area contributed by atoms with Crippen LogP contribution in [0, 0.1) is 6.42 Å². The highest BCUT2D eigenvalue weighted by atomic mass is 35.5. The summed E-state index contributed by atoms with van der Waals surface area (Å²) in [7, 11) is 0. The summed E-state index contributed by atoms with van der Waals surface area (Å²) >= 11 is 21.2. The van der Waals surface area contributed by atoms with Gasteiger partial charge in [0.05, 0.1) is 0 Å². The lowest BCUT2D eigenvalue weighted by atomic mass is 10.3. The Balaban J connectivity index is 3.39. The van der Waals surface area contributed by atoms with E-state index in [1.807, 2.05) is 0 Å². The van der Waals surface area contributed by atoms with Gasteiger partial charge in [-0.15, -0.1) is 0 Å². The molecule has 0 nitrogen and oxygen atoms in total. The van der Waals surface area contributed by atoms with Crippen molar-refractivity contribution < 1.29 is 0 Å². The van der Waals surface area contributed by atoms with Crippen LogP contribution in [-0.4, -0.2) is 0 Å². The second-order valence-corrected chi connectivity index (χ2v) is 3.44. The molecule has 1 radical (unpaired) electrons. The second kappa shape index (κ2) is 6.36. The monoisotopic (exact) mass is 217 g/mol. The number of allylic oxidation sites excluding steroid dienone is 2. The number of hydrogen-bond donors (Lipinski definition) is 0. The maximum Gasteiger partial charge on any atom is 0.103 e. The van der Waals surface area contributed by atoms with E-state index in [1.54, 1.807) is 18.6 Å². The molecular weight excluding hydrogens is 214 g/mol. The van der Waals surface area contributed by atoms with Crippen LogP contribution >= 0.6 is 46.4 Å². The van der Waals surface area contributed by atoms with Gasteiger partial charge < -0.3 is 0 Å². The summed E-state index contributed by atoms with van der Waals surface area (Å²) in [6, 6.07) is 0. The molecule has 0 aliphatic rings. The van der Waals surface area contributed by atoms with Gasteiger partial charge in [-0.3, -0.25) is 0 Å². The lowest BCUT2D eigenvalue weighted by molar-refractivity contribution is 1.29. The first-order valence-corrected chi connectivity index (χ1v) is 3.99. The van der Waals surface area contributed by atoms with Gasteiger partial charge in [0, 0.05) is 0 Å². The van der Waals surface area contributed by atoms with E-state index in [4.69, 9.17) is 46.4 Å². The molecule has 10 heavy (non-hydrogen) atoms. The molecule has 0 aliphatic carbocycles. The standard InChI is InChI=1S/C6H5Cl4/c7-5(8)3-1-2-4-6(9)10/h1,3-4H,2H2. The van der Waals surface area contributed by atoms with Gasteiger partial charge >= 0.3 is 0 Å². The minimum atomic E-state index is 0.221. The summed E-state index contributed by atoms with van der Waals surface area (Å²) in [6.45, 7) is 0. The summed E-state index contributed by atoms with van der Waals surface area (Å²) in [6.07, 6.45) is 5.58. The van der Waals surface area contributed by atoms with Gasteiger partial charge in [-0.05, 0) is 12.8 Å². The summed E-state index contributed by atoms with van der Waals surface area (Å²) in [5, 5.41) is 0. The van der Waals surface area contributed by atoms with Crippen molar-refractivity contribution in [2.45, 2.75) is 6.42 Å². The summed E-state index contributed by atoms with van der Waals surface area (Å²) < 4.78 is 0.467. The number of halogens is 4. The molecule has 0 heterocycles. The quantitative estimate of drug-likeness (QED) is 0.623. The highest BCUT2D eigenvalue weighted by molar-refractivity contribution is 6.56. The molecule has 0 N–H and O–H groups in total. The van der Waals surface area contributed by atoms with Crippen molar-refractivity contribution in [3.8, 4) is 0 Å². The van der Waals surface area contributed by atoms with Gasteiger partial charge in [0.15, 0.2) is 0 Å². The minimum absolute atomic E-state index is 0.221. The lowest BCUT2D eigenvalue weighted by Crippen LogP contribution is -1.66.